The molecule has 0 radical (unpaired) electrons. The van der Waals surface area contributed by atoms with E-state index in [1.807, 2.05) is 18.2 Å². The molecule has 0 fully saturated rings. The molecule has 164 valence electrons. The summed E-state index contributed by atoms with van der Waals surface area (Å²) < 4.78 is 30.4. The van der Waals surface area contributed by atoms with Crippen LogP contribution in [0.3, 0.4) is 0 Å². The molecule has 1 aromatic carbocycles. The van der Waals surface area contributed by atoms with Gasteiger partial charge >= 0.3 is 11.6 Å². The fourth-order valence-corrected chi connectivity index (χ4v) is 3.30. The summed E-state index contributed by atoms with van der Waals surface area (Å²) in [6.07, 6.45) is 2.31. The zero-order valence-corrected chi connectivity index (χ0v) is 17.7. The van der Waals surface area contributed by atoms with Crippen LogP contribution in [-0.2, 0) is 19.0 Å². The fourth-order valence-electron chi connectivity index (χ4n) is 2.88. The third-order valence-electron chi connectivity index (χ3n) is 4.43. The lowest BCUT2D eigenvalue weighted by Gasteiger charge is -2.15. The molecule has 3 N–H and O–H groups in total. The van der Waals surface area contributed by atoms with Gasteiger partial charge in [-0.2, -0.15) is 8.78 Å². The summed E-state index contributed by atoms with van der Waals surface area (Å²) in [5, 5.41) is 15.8. The number of nitrogens with one attached hydrogen (secondary N) is 2. The lowest BCUT2D eigenvalue weighted by Crippen LogP contribution is -2.43. The minimum absolute atomic E-state index is 0.0862. The first-order valence-corrected chi connectivity index (χ1v) is 10.1. The van der Waals surface area contributed by atoms with Crippen LogP contribution in [0.5, 0.6) is 0 Å². The number of anilines is 1. The second-order valence-electron chi connectivity index (χ2n) is 6.68. The summed E-state index contributed by atoms with van der Waals surface area (Å²) in [5.41, 5.74) is -0.271. The van der Waals surface area contributed by atoms with Gasteiger partial charge in [0.2, 0.25) is 6.20 Å². The molecular weight excluding hydrogens is 451 g/mol. The van der Waals surface area contributed by atoms with Crippen LogP contribution in [-0.4, -0.2) is 27.8 Å². The van der Waals surface area contributed by atoms with Gasteiger partial charge in [0.05, 0.1) is 12.7 Å². The molecule has 11 heteroatoms. The van der Waals surface area contributed by atoms with Crippen LogP contribution in [0.4, 0.5) is 14.6 Å². The van der Waals surface area contributed by atoms with Gasteiger partial charge in [0.15, 0.2) is 5.82 Å². The Morgan fingerprint density at radius 2 is 2.00 bits per heavy atom. The Labute approximate surface area is 186 Å². The minimum atomic E-state index is -3.45. The van der Waals surface area contributed by atoms with E-state index in [2.05, 4.69) is 15.6 Å². The number of hydrogen-bond donors (Lipinski definition) is 3. The molecule has 0 aliphatic rings. The number of benzene rings is 1. The highest BCUT2D eigenvalue weighted by molar-refractivity contribution is 6.30. The topological polar surface area (TPSA) is 83.1 Å². The molecule has 31 heavy (non-hydrogen) atoms. The van der Waals surface area contributed by atoms with Crippen LogP contribution < -0.4 is 20.9 Å². The van der Waals surface area contributed by atoms with Crippen molar-refractivity contribution in [2.24, 2.45) is 0 Å². The van der Waals surface area contributed by atoms with Crippen LogP contribution in [0, 0.1) is 0 Å². The van der Waals surface area contributed by atoms with Gasteiger partial charge in [0.1, 0.15) is 5.15 Å². The highest BCUT2D eigenvalue weighted by Gasteiger charge is 2.41. The van der Waals surface area contributed by atoms with Gasteiger partial charge in [-0.15, -0.1) is 0 Å². The van der Waals surface area contributed by atoms with E-state index in [4.69, 9.17) is 23.2 Å². The van der Waals surface area contributed by atoms with E-state index in [-0.39, 0.29) is 17.5 Å². The van der Waals surface area contributed by atoms with Crippen molar-refractivity contribution >= 4 is 29.0 Å². The Morgan fingerprint density at radius 3 is 2.74 bits per heavy atom. The van der Waals surface area contributed by atoms with Crippen molar-refractivity contribution in [3.63, 3.8) is 0 Å². The number of rotatable bonds is 9. The Morgan fingerprint density at radius 1 is 1.19 bits per heavy atom. The zero-order chi connectivity index (χ0) is 22.4. The predicted octanol–water partition coefficient (Wildman–Crippen LogP) is 3.07. The number of pyridine rings is 1. The van der Waals surface area contributed by atoms with E-state index in [0.717, 1.165) is 17.8 Å². The van der Waals surface area contributed by atoms with Gasteiger partial charge in [-0.1, -0.05) is 35.3 Å². The first kappa shape index (κ1) is 22.9. The summed E-state index contributed by atoms with van der Waals surface area (Å²) >= 11 is 12.0. The fraction of sp³-hybridized carbons (Fsp3) is 0.250. The van der Waals surface area contributed by atoms with E-state index in [0.29, 0.717) is 22.8 Å². The molecule has 2 aromatic heterocycles. The average Bonchev–Trinajstić information content (AvgIpc) is 2.73. The second-order valence-corrected chi connectivity index (χ2v) is 7.51. The second kappa shape index (κ2) is 10.0. The molecule has 0 spiro atoms. The van der Waals surface area contributed by atoms with Crippen LogP contribution in [0.2, 0.25) is 10.2 Å². The standard InChI is InChI=1S/C20H20Cl2F2N5O2/c21-15-5-3-4-14(10-15)11-25-7-9-28-17(22)12-26-18(19(28)30)27-13-20(23,24)16-6-1-2-8-29(16)31/h1-6,8,10,12,25,31H,7,9,11,13H2,(H,26,27)/q+1. The summed E-state index contributed by atoms with van der Waals surface area (Å²) in [6, 6.07) is 11.2. The largest absolute Gasteiger partial charge is 0.359 e. The molecule has 0 unspecified atom stereocenters. The quantitative estimate of drug-likeness (QED) is 0.254. The van der Waals surface area contributed by atoms with Gasteiger partial charge in [-0.3, -0.25) is 14.6 Å². The Bertz CT molecular complexity index is 1110. The first-order valence-electron chi connectivity index (χ1n) is 9.30. The Hall–Kier alpha value is -2.75. The molecule has 3 aromatic rings. The molecule has 3 rings (SSSR count). The highest BCUT2D eigenvalue weighted by Crippen LogP contribution is 2.24. The van der Waals surface area contributed by atoms with Gasteiger partial charge in [0.25, 0.3) is 5.56 Å². The number of nitrogens with zero attached hydrogens (tertiary/aromatic N) is 3. The number of halogens is 4. The van der Waals surface area contributed by atoms with Gasteiger partial charge in [-0.25, -0.2) is 4.98 Å². The lowest BCUT2D eigenvalue weighted by molar-refractivity contribution is -0.913. The summed E-state index contributed by atoms with van der Waals surface area (Å²) in [6.45, 7) is 0.212. The molecule has 0 saturated carbocycles. The number of aromatic nitrogens is 3. The third kappa shape index (κ3) is 5.90. The smallest absolute Gasteiger partial charge is 0.351 e. The van der Waals surface area contributed by atoms with Gasteiger partial charge in [-0.05, 0) is 23.8 Å². The monoisotopic (exact) mass is 470 g/mol. The van der Waals surface area contributed by atoms with Crippen molar-refractivity contribution < 1.29 is 18.7 Å². The van der Waals surface area contributed by atoms with Crippen molar-refractivity contribution in [3.8, 4) is 0 Å². The van der Waals surface area contributed by atoms with Crippen LogP contribution in [0.1, 0.15) is 11.3 Å². The van der Waals surface area contributed by atoms with Crippen molar-refractivity contribution in [1.29, 1.82) is 0 Å². The molecule has 0 saturated heterocycles. The van der Waals surface area contributed by atoms with Crippen LogP contribution in [0.15, 0.2) is 59.7 Å². The zero-order valence-electron chi connectivity index (χ0n) is 16.2. The molecular formula is C20H20Cl2F2N5O2+. The van der Waals surface area contributed by atoms with Gasteiger partial charge in [0, 0.05) is 41.5 Å². The molecule has 0 atom stereocenters. The lowest BCUT2D eigenvalue weighted by atomic mass is 10.2. The van der Waals surface area contributed by atoms with Crippen LogP contribution >= 0.6 is 23.2 Å². The maximum absolute atomic E-state index is 14.4. The van der Waals surface area contributed by atoms with Gasteiger partial charge < -0.3 is 10.6 Å². The summed E-state index contributed by atoms with van der Waals surface area (Å²) in [4.78, 5) is 16.5. The summed E-state index contributed by atoms with van der Waals surface area (Å²) in [5.74, 6) is -3.72. The highest BCUT2D eigenvalue weighted by atomic mass is 35.5. The normalized spacial score (nSPS) is 11.5. The molecule has 0 aliphatic heterocycles. The predicted molar refractivity (Wildman–Crippen MR) is 113 cm³/mol. The molecule has 0 amide bonds. The molecule has 0 bridgehead atoms. The van der Waals surface area contributed by atoms with Crippen LogP contribution in [0.25, 0.3) is 0 Å². The van der Waals surface area contributed by atoms with Crippen molar-refractivity contribution in [1.82, 2.24) is 14.9 Å². The van der Waals surface area contributed by atoms with E-state index >= 15 is 0 Å². The van der Waals surface area contributed by atoms with Crippen molar-refractivity contribution in [3.05, 3.63) is 86.6 Å². The Balaban J connectivity index is 1.63. The first-order chi connectivity index (χ1) is 14.8. The minimum Gasteiger partial charge on any atom is -0.359 e. The maximum atomic E-state index is 14.4. The van der Waals surface area contributed by atoms with Crippen molar-refractivity contribution in [2.45, 2.75) is 19.0 Å². The summed E-state index contributed by atoms with van der Waals surface area (Å²) in [7, 11) is 0. The SMILES string of the molecule is O=c1c(NCC(F)(F)c2cccc[n+]2O)ncc(Cl)n1CCNCc1cccc(Cl)c1. The Kier molecular flexibility index (Phi) is 7.42. The van der Waals surface area contributed by atoms with E-state index in [1.165, 1.54) is 22.9 Å². The van der Waals surface area contributed by atoms with E-state index in [1.54, 1.807) is 6.07 Å². The number of alkyl halides is 2. The third-order valence-corrected chi connectivity index (χ3v) is 4.96. The molecule has 2 heterocycles. The van der Waals surface area contributed by atoms with E-state index in [9.17, 15) is 18.8 Å². The maximum Gasteiger partial charge on any atom is 0.351 e. The average molecular weight is 471 g/mol. The molecule has 0 aliphatic carbocycles. The number of hydrogen-bond acceptors (Lipinski definition) is 5. The molecule has 7 nitrogen and oxygen atoms in total. The van der Waals surface area contributed by atoms with Crippen molar-refractivity contribution in [2.75, 3.05) is 18.4 Å². The van der Waals surface area contributed by atoms with E-state index < -0.39 is 23.7 Å².